The van der Waals surface area contributed by atoms with E-state index in [1.54, 1.807) is 17.1 Å². The number of anilines is 1. The molecule has 0 spiro atoms. The van der Waals surface area contributed by atoms with E-state index < -0.39 is 12.1 Å². The molecule has 2 aromatic heterocycles. The molecule has 0 bridgehead atoms. The largest absolute Gasteiger partial charge is 0.322 e. The lowest BCUT2D eigenvalue weighted by Gasteiger charge is -2.07. The van der Waals surface area contributed by atoms with Gasteiger partial charge in [0.1, 0.15) is 12.2 Å². The van der Waals surface area contributed by atoms with Crippen molar-refractivity contribution in [3.8, 4) is 0 Å². The average Bonchev–Trinajstić information content (AvgIpc) is 3.32. The highest BCUT2D eigenvalue weighted by Gasteiger charge is 2.34. The van der Waals surface area contributed by atoms with E-state index in [1.807, 2.05) is 24.3 Å². The zero-order valence-electron chi connectivity index (χ0n) is 15.2. The molecule has 0 atom stereocenters. The lowest BCUT2D eigenvalue weighted by atomic mass is 10.2. The third kappa shape index (κ3) is 4.67. The molecular weight excluding hydrogens is 468 g/mol. The Labute approximate surface area is 179 Å². The summed E-state index contributed by atoms with van der Waals surface area (Å²) in [5.41, 5.74) is 1.63. The zero-order chi connectivity index (χ0) is 20.5. The monoisotopic (exact) mass is 483 g/mol. The van der Waals surface area contributed by atoms with Crippen LogP contribution in [0.15, 0.2) is 41.1 Å². The summed E-state index contributed by atoms with van der Waals surface area (Å²) in [4.78, 5) is 12.4. The molecule has 1 N–H and O–H groups in total. The van der Waals surface area contributed by atoms with Crippen LogP contribution in [0.5, 0.6) is 0 Å². The molecule has 1 aliphatic rings. The Kier molecular flexibility index (Phi) is 5.69. The number of halogens is 4. The number of carbonyl (C=O) groups is 1. The Hall–Kier alpha value is -2.26. The molecule has 152 valence electrons. The van der Waals surface area contributed by atoms with E-state index >= 15 is 0 Å². The number of nitrogens with one attached hydrogen (secondary N) is 1. The highest BCUT2D eigenvalue weighted by Crippen LogP contribution is 2.45. The van der Waals surface area contributed by atoms with Gasteiger partial charge < -0.3 is 5.32 Å². The van der Waals surface area contributed by atoms with Crippen LogP contribution < -0.4 is 5.32 Å². The molecule has 10 heteroatoms. The van der Waals surface area contributed by atoms with Crippen LogP contribution in [0.25, 0.3) is 0 Å². The number of hydrogen-bond donors (Lipinski definition) is 1. The van der Waals surface area contributed by atoms with Crippen LogP contribution in [0.4, 0.5) is 14.5 Å². The van der Waals surface area contributed by atoms with Crippen molar-refractivity contribution in [2.45, 2.75) is 38.3 Å². The van der Waals surface area contributed by atoms with E-state index in [2.05, 4.69) is 31.4 Å². The minimum atomic E-state index is -2.78. The summed E-state index contributed by atoms with van der Waals surface area (Å²) in [5.74, 6) is -0.293. The molecule has 3 aromatic rings. The number of alkyl halides is 2. The number of benzene rings is 1. The smallest absolute Gasteiger partial charge is 0.283 e. The summed E-state index contributed by atoms with van der Waals surface area (Å²) in [7, 11) is 0. The maximum atomic E-state index is 13.1. The van der Waals surface area contributed by atoms with Crippen LogP contribution in [0.1, 0.15) is 42.1 Å². The van der Waals surface area contributed by atoms with Gasteiger partial charge in [-0.1, -0.05) is 39.7 Å². The number of aromatic nitrogens is 4. The van der Waals surface area contributed by atoms with Crippen molar-refractivity contribution in [3.05, 3.63) is 63.1 Å². The quantitative estimate of drug-likeness (QED) is 0.513. The second kappa shape index (κ2) is 8.23. The van der Waals surface area contributed by atoms with Gasteiger partial charge in [0.2, 0.25) is 5.91 Å². The van der Waals surface area contributed by atoms with Gasteiger partial charge in [0.25, 0.3) is 6.43 Å². The summed E-state index contributed by atoms with van der Waals surface area (Å²) in [5, 5.41) is 10.8. The van der Waals surface area contributed by atoms with Crippen molar-refractivity contribution in [2.75, 3.05) is 5.32 Å². The van der Waals surface area contributed by atoms with E-state index in [-0.39, 0.29) is 23.4 Å². The van der Waals surface area contributed by atoms with Crippen molar-refractivity contribution >= 4 is 39.1 Å². The van der Waals surface area contributed by atoms with E-state index in [4.69, 9.17) is 11.6 Å². The fraction of sp³-hybridized carbons (Fsp3) is 0.316. The van der Waals surface area contributed by atoms with Gasteiger partial charge in [-0.15, -0.1) is 0 Å². The average molecular weight is 485 g/mol. The topological polar surface area (TPSA) is 64.7 Å². The Morgan fingerprint density at radius 3 is 2.69 bits per heavy atom. The third-order valence-corrected chi connectivity index (χ3v) is 5.51. The van der Waals surface area contributed by atoms with E-state index in [9.17, 15) is 13.6 Å². The zero-order valence-corrected chi connectivity index (χ0v) is 17.5. The minimum absolute atomic E-state index is 0.0300. The van der Waals surface area contributed by atoms with Gasteiger partial charge >= 0.3 is 0 Å². The van der Waals surface area contributed by atoms with Crippen molar-refractivity contribution in [2.24, 2.45) is 0 Å². The van der Waals surface area contributed by atoms with Gasteiger partial charge in [0.05, 0.1) is 29.1 Å². The molecule has 1 aromatic carbocycles. The first-order valence-corrected chi connectivity index (χ1v) is 10.2. The van der Waals surface area contributed by atoms with Crippen LogP contribution in [0.3, 0.4) is 0 Å². The van der Waals surface area contributed by atoms with E-state index in [0.29, 0.717) is 17.9 Å². The number of nitrogens with zero attached hydrogens (tertiary/aromatic N) is 4. The molecule has 1 saturated carbocycles. The summed E-state index contributed by atoms with van der Waals surface area (Å²) in [6.45, 7) is 0.373. The van der Waals surface area contributed by atoms with Crippen molar-refractivity contribution < 1.29 is 13.6 Å². The second-order valence-electron chi connectivity index (χ2n) is 6.92. The fourth-order valence-electron chi connectivity index (χ4n) is 3.11. The first-order valence-electron chi connectivity index (χ1n) is 9.01. The van der Waals surface area contributed by atoms with Crippen LogP contribution >= 0.6 is 27.5 Å². The van der Waals surface area contributed by atoms with Gasteiger partial charge in [0.15, 0.2) is 0 Å². The molecule has 29 heavy (non-hydrogen) atoms. The molecule has 1 amide bonds. The normalized spacial score (nSPS) is 13.8. The van der Waals surface area contributed by atoms with Crippen LogP contribution in [0.2, 0.25) is 5.02 Å². The number of amides is 1. The molecule has 0 saturated heterocycles. The van der Waals surface area contributed by atoms with Gasteiger partial charge in [-0.05, 0) is 30.5 Å². The van der Waals surface area contributed by atoms with E-state index in [0.717, 1.165) is 22.9 Å². The molecule has 0 unspecified atom stereocenters. The summed E-state index contributed by atoms with van der Waals surface area (Å²) in [6.07, 6.45) is 2.19. The maximum absolute atomic E-state index is 13.1. The van der Waals surface area contributed by atoms with Gasteiger partial charge in [-0.25, -0.2) is 8.78 Å². The molecule has 0 radical (unpaired) electrons. The first-order chi connectivity index (χ1) is 13.9. The molecule has 0 aliphatic heterocycles. The second-order valence-corrected chi connectivity index (χ2v) is 8.21. The predicted octanol–water partition coefficient (Wildman–Crippen LogP) is 5.00. The SMILES string of the molecule is O=C(Cn1nc(C(F)F)c(Cl)c1C1CC1)Nc1cnn(Cc2ccc(Br)cc2)c1. The van der Waals surface area contributed by atoms with Crippen molar-refractivity contribution in [3.63, 3.8) is 0 Å². The molecule has 1 fully saturated rings. The predicted molar refractivity (Wildman–Crippen MR) is 108 cm³/mol. The summed E-state index contributed by atoms with van der Waals surface area (Å²) >= 11 is 9.48. The molecule has 4 rings (SSSR count). The van der Waals surface area contributed by atoms with Crippen molar-refractivity contribution in [1.29, 1.82) is 0 Å². The molecular formula is C19H17BrClF2N5O. The summed E-state index contributed by atoms with van der Waals surface area (Å²) < 4.78 is 30.2. The highest BCUT2D eigenvalue weighted by atomic mass is 79.9. The number of carbonyl (C=O) groups excluding carboxylic acids is 1. The summed E-state index contributed by atoms with van der Waals surface area (Å²) in [6, 6.07) is 7.85. The Bertz CT molecular complexity index is 1030. The molecule has 1 aliphatic carbocycles. The molecule has 2 heterocycles. The Morgan fingerprint density at radius 2 is 2.03 bits per heavy atom. The Balaban J connectivity index is 1.42. The van der Waals surface area contributed by atoms with Gasteiger partial charge in [0, 0.05) is 16.6 Å². The molecule has 6 nitrogen and oxygen atoms in total. The third-order valence-electron chi connectivity index (χ3n) is 4.60. The van der Waals surface area contributed by atoms with Crippen LogP contribution in [0, 0.1) is 0 Å². The van der Waals surface area contributed by atoms with Crippen molar-refractivity contribution in [1.82, 2.24) is 19.6 Å². The highest BCUT2D eigenvalue weighted by molar-refractivity contribution is 9.10. The van der Waals surface area contributed by atoms with Crippen LogP contribution in [-0.2, 0) is 17.9 Å². The number of rotatable bonds is 7. The van der Waals surface area contributed by atoms with Crippen LogP contribution in [-0.4, -0.2) is 25.5 Å². The van der Waals surface area contributed by atoms with Gasteiger partial charge in [-0.3, -0.25) is 14.2 Å². The lowest BCUT2D eigenvalue weighted by Crippen LogP contribution is -2.20. The number of hydrogen-bond acceptors (Lipinski definition) is 3. The van der Waals surface area contributed by atoms with Gasteiger partial charge in [-0.2, -0.15) is 10.2 Å². The first kappa shape index (κ1) is 20.0. The fourth-order valence-corrected chi connectivity index (χ4v) is 3.74. The standard InChI is InChI=1S/C19H17BrClF2N5O/c20-13-5-1-11(2-6-13)8-27-9-14(7-24-27)25-15(29)10-28-18(12-3-4-12)16(21)17(26-28)19(22)23/h1-2,5-7,9,12,19H,3-4,8,10H2,(H,25,29). The Morgan fingerprint density at radius 1 is 1.31 bits per heavy atom. The minimum Gasteiger partial charge on any atom is -0.322 e. The maximum Gasteiger partial charge on any atom is 0.283 e. The van der Waals surface area contributed by atoms with E-state index in [1.165, 1.54) is 4.68 Å². The lowest BCUT2D eigenvalue weighted by molar-refractivity contribution is -0.117.